The van der Waals surface area contributed by atoms with Crippen molar-refractivity contribution in [2.75, 3.05) is 46.2 Å². The third-order valence-corrected chi connectivity index (χ3v) is 9.94. The van der Waals surface area contributed by atoms with E-state index < -0.39 is 0 Å². The number of benzene rings is 1. The molecule has 0 heterocycles. The minimum Gasteiger partial charge on any atom is -0.490 e. The average molecular weight is 762 g/mol. The Hall–Kier alpha value is -1.99. The molecule has 0 aliphatic carbocycles. The molecule has 0 radical (unpaired) electrons. The molecule has 316 valence electrons. The molecule has 0 spiro atoms. The third-order valence-electron chi connectivity index (χ3n) is 9.94. The molecule has 1 aromatic rings. The van der Waals surface area contributed by atoms with Gasteiger partial charge >= 0.3 is 0 Å². The summed E-state index contributed by atoms with van der Waals surface area (Å²) < 4.78 is 30.6. The first-order chi connectivity index (χ1) is 26.6. The van der Waals surface area contributed by atoms with Gasteiger partial charge < -0.3 is 29.0 Å². The van der Waals surface area contributed by atoms with Crippen LogP contribution in [-0.2, 0) is 9.47 Å². The molecule has 0 bridgehead atoms. The second-order valence-corrected chi connectivity index (χ2v) is 15.4. The van der Waals surface area contributed by atoms with Gasteiger partial charge in [-0.2, -0.15) is 0 Å². The number of hydrogen-bond acceptors (Lipinski definition) is 6. The number of amides is 1. The van der Waals surface area contributed by atoms with E-state index in [1.54, 1.807) is 12.1 Å². The van der Waals surface area contributed by atoms with Gasteiger partial charge in [-0.3, -0.25) is 4.79 Å². The van der Waals surface area contributed by atoms with Crippen molar-refractivity contribution >= 4 is 5.91 Å². The van der Waals surface area contributed by atoms with E-state index in [0.717, 1.165) is 38.7 Å². The Balaban J connectivity index is 2.62. The first kappa shape index (κ1) is 50.0. The standard InChI is InChI=1S/C47H87NO6/c1-6-11-13-15-17-19-21-23-25-27-29-31-36-50-41-43(51-37-32-30-28-26-24-22-20-18-16-14-12-7-2)40-48-47(49)42-38-44(52-33-8-3)46(54-35-10-5)45(39-42)53-34-9-4/h38-39,43H,6-37,40-41H2,1-5H3,(H,48,49). The molecule has 0 aliphatic rings. The van der Waals surface area contributed by atoms with Crippen molar-refractivity contribution in [3.8, 4) is 17.2 Å². The largest absolute Gasteiger partial charge is 0.490 e. The van der Waals surface area contributed by atoms with E-state index in [1.165, 1.54) is 141 Å². The van der Waals surface area contributed by atoms with E-state index in [-0.39, 0.29) is 12.0 Å². The van der Waals surface area contributed by atoms with Crippen LogP contribution in [-0.4, -0.2) is 58.2 Å². The number of ether oxygens (including phenoxy) is 5. The first-order valence-corrected chi connectivity index (χ1v) is 23.1. The Kier molecular flexibility index (Phi) is 35.1. The lowest BCUT2D eigenvalue weighted by Crippen LogP contribution is -2.36. The minimum atomic E-state index is -0.197. The quantitative estimate of drug-likeness (QED) is 0.0670. The Morgan fingerprint density at radius 3 is 1.30 bits per heavy atom. The molecule has 7 nitrogen and oxygen atoms in total. The molecule has 1 N–H and O–H groups in total. The second-order valence-electron chi connectivity index (χ2n) is 15.4. The zero-order valence-electron chi connectivity index (χ0n) is 36.2. The summed E-state index contributed by atoms with van der Waals surface area (Å²) in [6.45, 7) is 14.7. The molecule has 1 amide bonds. The van der Waals surface area contributed by atoms with Gasteiger partial charge in [-0.25, -0.2) is 0 Å². The minimum absolute atomic E-state index is 0.181. The van der Waals surface area contributed by atoms with Crippen LogP contribution in [0, 0.1) is 0 Å². The fraction of sp³-hybridized carbons (Fsp3) is 0.851. The topological polar surface area (TPSA) is 75.3 Å². The molecule has 0 fully saturated rings. The van der Waals surface area contributed by atoms with Crippen LogP contribution < -0.4 is 19.5 Å². The van der Waals surface area contributed by atoms with Gasteiger partial charge in [-0.15, -0.1) is 0 Å². The summed E-state index contributed by atoms with van der Waals surface area (Å²) in [5.74, 6) is 1.49. The van der Waals surface area contributed by atoms with Crippen LogP contribution in [0.3, 0.4) is 0 Å². The maximum Gasteiger partial charge on any atom is 0.251 e. The van der Waals surface area contributed by atoms with E-state index in [0.29, 0.717) is 62.4 Å². The van der Waals surface area contributed by atoms with Crippen LogP contribution >= 0.6 is 0 Å². The highest BCUT2D eigenvalue weighted by Gasteiger charge is 2.20. The van der Waals surface area contributed by atoms with Gasteiger partial charge in [0.1, 0.15) is 0 Å². The summed E-state index contributed by atoms with van der Waals surface area (Å²) in [4.78, 5) is 13.6. The maximum absolute atomic E-state index is 13.6. The van der Waals surface area contributed by atoms with Gasteiger partial charge in [0, 0.05) is 25.3 Å². The summed E-state index contributed by atoms with van der Waals surface area (Å²) in [5, 5.41) is 3.13. The number of hydrogen-bond donors (Lipinski definition) is 1. The molecule has 1 aromatic carbocycles. The van der Waals surface area contributed by atoms with Gasteiger partial charge in [0.25, 0.3) is 5.91 Å². The predicted octanol–water partition coefficient (Wildman–Crippen LogP) is 13.6. The Bertz CT molecular complexity index is 943. The van der Waals surface area contributed by atoms with Crippen LogP contribution in [0.4, 0.5) is 0 Å². The smallest absolute Gasteiger partial charge is 0.251 e. The van der Waals surface area contributed by atoms with Crippen LogP contribution in [0.25, 0.3) is 0 Å². The van der Waals surface area contributed by atoms with Gasteiger partial charge in [0.05, 0.1) is 32.5 Å². The Morgan fingerprint density at radius 1 is 0.481 bits per heavy atom. The van der Waals surface area contributed by atoms with Crippen molar-refractivity contribution in [2.24, 2.45) is 0 Å². The van der Waals surface area contributed by atoms with Crippen LogP contribution in [0.1, 0.15) is 218 Å². The summed E-state index contributed by atoms with van der Waals surface area (Å²) in [6, 6.07) is 3.56. The molecule has 7 heteroatoms. The van der Waals surface area contributed by atoms with Crippen molar-refractivity contribution in [1.29, 1.82) is 0 Å². The number of carbonyl (C=O) groups is 1. The van der Waals surface area contributed by atoms with E-state index in [2.05, 4.69) is 39.9 Å². The van der Waals surface area contributed by atoms with Crippen LogP contribution in [0.2, 0.25) is 0 Å². The van der Waals surface area contributed by atoms with Gasteiger partial charge in [-0.05, 0) is 44.2 Å². The highest BCUT2D eigenvalue weighted by Crippen LogP contribution is 2.39. The van der Waals surface area contributed by atoms with Crippen molar-refractivity contribution in [3.05, 3.63) is 17.7 Å². The lowest BCUT2D eigenvalue weighted by molar-refractivity contribution is -0.0170. The average Bonchev–Trinajstić information content (AvgIpc) is 3.18. The molecule has 1 rings (SSSR count). The molecule has 0 saturated carbocycles. The zero-order valence-corrected chi connectivity index (χ0v) is 36.2. The third kappa shape index (κ3) is 27.6. The molecular weight excluding hydrogens is 675 g/mol. The van der Waals surface area contributed by atoms with Crippen molar-refractivity contribution in [3.63, 3.8) is 0 Å². The number of rotatable bonds is 41. The van der Waals surface area contributed by atoms with Crippen LogP contribution in [0.5, 0.6) is 17.2 Å². The molecule has 1 unspecified atom stereocenters. The zero-order chi connectivity index (χ0) is 39.2. The normalized spacial score (nSPS) is 11.9. The molecular formula is C47H87NO6. The molecule has 0 aromatic heterocycles. The fourth-order valence-electron chi connectivity index (χ4n) is 6.62. The molecule has 0 aliphatic heterocycles. The summed E-state index contributed by atoms with van der Waals surface area (Å²) in [5.41, 5.74) is 0.494. The molecule has 0 saturated heterocycles. The summed E-state index contributed by atoms with van der Waals surface area (Å²) >= 11 is 0. The number of carbonyl (C=O) groups excluding carboxylic acids is 1. The monoisotopic (exact) mass is 762 g/mol. The molecule has 1 atom stereocenters. The number of nitrogens with one attached hydrogen (secondary N) is 1. The SMILES string of the molecule is CCCCCCCCCCCCCCOCC(CNC(=O)c1cc(OCCC)c(OCCC)c(OCCC)c1)OCCCCCCCCCCCCCC. The number of unbranched alkanes of at least 4 members (excludes halogenated alkanes) is 22. The van der Waals surface area contributed by atoms with E-state index in [1.807, 2.05) is 0 Å². The predicted molar refractivity (Wildman–Crippen MR) is 229 cm³/mol. The van der Waals surface area contributed by atoms with Gasteiger partial charge in [0.2, 0.25) is 5.75 Å². The lowest BCUT2D eigenvalue weighted by Gasteiger charge is -2.20. The summed E-state index contributed by atoms with van der Waals surface area (Å²) in [7, 11) is 0. The molecule has 54 heavy (non-hydrogen) atoms. The lowest BCUT2D eigenvalue weighted by atomic mass is 10.1. The fourth-order valence-corrected chi connectivity index (χ4v) is 6.62. The van der Waals surface area contributed by atoms with E-state index >= 15 is 0 Å². The van der Waals surface area contributed by atoms with Gasteiger partial charge in [-0.1, -0.05) is 176 Å². The Labute approximate surface area is 334 Å². The van der Waals surface area contributed by atoms with Gasteiger partial charge in [0.15, 0.2) is 11.5 Å². The second kappa shape index (κ2) is 37.9. The Morgan fingerprint density at radius 2 is 0.870 bits per heavy atom. The van der Waals surface area contributed by atoms with Crippen LogP contribution in [0.15, 0.2) is 12.1 Å². The first-order valence-electron chi connectivity index (χ1n) is 23.1. The van der Waals surface area contributed by atoms with E-state index in [4.69, 9.17) is 23.7 Å². The van der Waals surface area contributed by atoms with Crippen molar-refractivity contribution in [1.82, 2.24) is 5.32 Å². The van der Waals surface area contributed by atoms with E-state index in [9.17, 15) is 4.79 Å². The maximum atomic E-state index is 13.6. The van der Waals surface area contributed by atoms with Crippen molar-refractivity contribution < 1.29 is 28.5 Å². The highest BCUT2D eigenvalue weighted by molar-refractivity contribution is 5.95. The highest BCUT2D eigenvalue weighted by atomic mass is 16.5. The van der Waals surface area contributed by atoms with Crippen molar-refractivity contribution in [2.45, 2.75) is 214 Å². The summed E-state index contributed by atoms with van der Waals surface area (Å²) in [6.07, 6.45) is 34.1.